The van der Waals surface area contributed by atoms with Crippen molar-refractivity contribution < 1.29 is 13.9 Å². The zero-order valence-electron chi connectivity index (χ0n) is 12.6. The van der Waals surface area contributed by atoms with E-state index >= 15 is 0 Å². The van der Waals surface area contributed by atoms with Crippen LogP contribution in [0.25, 0.3) is 11.3 Å². The smallest absolute Gasteiger partial charge is 0.266 e. The van der Waals surface area contributed by atoms with Crippen LogP contribution >= 0.6 is 0 Å². The molecule has 2 aromatic carbocycles. The lowest BCUT2D eigenvalue weighted by Gasteiger charge is -2.13. The Kier molecular flexibility index (Phi) is 4.48. The number of hydrogen-bond donors (Lipinski definition) is 1. The molecule has 0 aliphatic carbocycles. The molecule has 0 fully saturated rings. The van der Waals surface area contributed by atoms with E-state index in [1.165, 1.54) is 42.5 Å². The van der Waals surface area contributed by atoms with Crippen molar-refractivity contribution in [2.45, 2.75) is 12.6 Å². The number of aliphatic hydroxyl groups excluding tert-OH is 1. The fourth-order valence-electron chi connectivity index (χ4n) is 2.34. The van der Waals surface area contributed by atoms with Gasteiger partial charge in [-0.2, -0.15) is 5.10 Å². The standard InChI is InChI=1S/C18H14F2N2O2/c19-14-6-4-12(5-7-14)16-8-9-18(24)22(21-16)11-17(23)13-2-1-3-15(20)10-13/h1-10,17,23H,11H2. The van der Waals surface area contributed by atoms with Crippen molar-refractivity contribution in [3.63, 3.8) is 0 Å². The molecular formula is C18H14F2N2O2. The fourth-order valence-corrected chi connectivity index (χ4v) is 2.34. The van der Waals surface area contributed by atoms with E-state index in [0.717, 1.165) is 4.68 Å². The van der Waals surface area contributed by atoms with Crippen molar-refractivity contribution in [3.8, 4) is 11.3 Å². The maximum Gasteiger partial charge on any atom is 0.266 e. The molecular weight excluding hydrogens is 314 g/mol. The average Bonchev–Trinajstić information content (AvgIpc) is 2.57. The van der Waals surface area contributed by atoms with Crippen LogP contribution in [-0.2, 0) is 6.54 Å². The Bertz CT molecular complexity index is 907. The summed E-state index contributed by atoms with van der Waals surface area (Å²) >= 11 is 0. The van der Waals surface area contributed by atoms with Crippen molar-refractivity contribution in [1.82, 2.24) is 9.78 Å². The van der Waals surface area contributed by atoms with Crippen LogP contribution in [-0.4, -0.2) is 14.9 Å². The minimum Gasteiger partial charge on any atom is -0.386 e. The largest absolute Gasteiger partial charge is 0.386 e. The third kappa shape index (κ3) is 3.55. The van der Waals surface area contributed by atoms with Gasteiger partial charge in [0.2, 0.25) is 0 Å². The molecule has 0 bridgehead atoms. The van der Waals surface area contributed by atoms with Gasteiger partial charge in [0, 0.05) is 11.6 Å². The van der Waals surface area contributed by atoms with Crippen LogP contribution in [0.1, 0.15) is 11.7 Å². The van der Waals surface area contributed by atoms with Gasteiger partial charge < -0.3 is 5.11 Å². The molecule has 1 aromatic heterocycles. The van der Waals surface area contributed by atoms with E-state index < -0.39 is 17.5 Å². The molecule has 4 nitrogen and oxygen atoms in total. The first-order valence-electron chi connectivity index (χ1n) is 7.30. The van der Waals surface area contributed by atoms with E-state index in [0.29, 0.717) is 16.8 Å². The number of rotatable bonds is 4. The van der Waals surface area contributed by atoms with E-state index in [1.54, 1.807) is 18.2 Å². The van der Waals surface area contributed by atoms with E-state index in [9.17, 15) is 18.7 Å². The third-order valence-electron chi connectivity index (χ3n) is 3.59. The highest BCUT2D eigenvalue weighted by Crippen LogP contribution is 2.18. The van der Waals surface area contributed by atoms with E-state index in [4.69, 9.17) is 0 Å². The number of nitrogens with zero attached hydrogens (tertiary/aromatic N) is 2. The first kappa shape index (κ1) is 16.0. The van der Waals surface area contributed by atoms with Gasteiger partial charge in [-0.3, -0.25) is 4.79 Å². The van der Waals surface area contributed by atoms with Crippen molar-refractivity contribution in [2.24, 2.45) is 0 Å². The Morgan fingerprint density at radius 1 is 1.00 bits per heavy atom. The predicted molar refractivity (Wildman–Crippen MR) is 85.3 cm³/mol. The maximum absolute atomic E-state index is 13.2. The summed E-state index contributed by atoms with van der Waals surface area (Å²) in [5, 5.41) is 14.4. The molecule has 122 valence electrons. The fraction of sp³-hybridized carbons (Fsp3) is 0.111. The first-order chi connectivity index (χ1) is 11.5. The van der Waals surface area contributed by atoms with Crippen LogP contribution in [0.5, 0.6) is 0 Å². The van der Waals surface area contributed by atoms with Gasteiger partial charge in [-0.05, 0) is 48.0 Å². The minimum absolute atomic E-state index is 0.114. The maximum atomic E-state index is 13.2. The minimum atomic E-state index is -1.07. The molecule has 0 amide bonds. The summed E-state index contributed by atoms with van der Waals surface area (Å²) in [7, 11) is 0. The molecule has 3 aromatic rings. The molecule has 24 heavy (non-hydrogen) atoms. The molecule has 3 rings (SSSR count). The van der Waals surface area contributed by atoms with E-state index in [1.807, 2.05) is 0 Å². The third-order valence-corrected chi connectivity index (χ3v) is 3.59. The molecule has 0 radical (unpaired) electrons. The highest BCUT2D eigenvalue weighted by atomic mass is 19.1. The SMILES string of the molecule is O=c1ccc(-c2ccc(F)cc2)nn1CC(O)c1cccc(F)c1. The second-order valence-corrected chi connectivity index (χ2v) is 5.32. The molecule has 0 saturated carbocycles. The second kappa shape index (κ2) is 6.72. The van der Waals surface area contributed by atoms with Gasteiger partial charge in [0.05, 0.1) is 18.3 Å². The summed E-state index contributed by atoms with van der Waals surface area (Å²) in [5.41, 5.74) is 1.08. The van der Waals surface area contributed by atoms with Gasteiger partial charge in [-0.25, -0.2) is 13.5 Å². The van der Waals surface area contributed by atoms with E-state index in [2.05, 4.69) is 5.10 Å². The number of halogens is 2. The van der Waals surface area contributed by atoms with Gasteiger partial charge >= 0.3 is 0 Å². The van der Waals surface area contributed by atoms with Gasteiger partial charge in [-0.1, -0.05) is 12.1 Å². The second-order valence-electron chi connectivity index (χ2n) is 5.32. The van der Waals surface area contributed by atoms with Crippen molar-refractivity contribution >= 4 is 0 Å². The van der Waals surface area contributed by atoms with Crippen molar-refractivity contribution in [2.75, 3.05) is 0 Å². The average molecular weight is 328 g/mol. The summed E-state index contributed by atoms with van der Waals surface area (Å²) < 4.78 is 27.3. The zero-order chi connectivity index (χ0) is 17.1. The number of hydrogen-bond acceptors (Lipinski definition) is 3. The van der Waals surface area contributed by atoms with Crippen LogP contribution in [0.15, 0.2) is 65.5 Å². The highest BCUT2D eigenvalue weighted by molar-refractivity contribution is 5.57. The molecule has 1 atom stereocenters. The normalized spacial score (nSPS) is 12.1. The van der Waals surface area contributed by atoms with Gasteiger partial charge in [0.1, 0.15) is 11.6 Å². The summed E-state index contributed by atoms with van der Waals surface area (Å²) in [4.78, 5) is 11.9. The number of aliphatic hydroxyl groups is 1. The summed E-state index contributed by atoms with van der Waals surface area (Å²) in [6.07, 6.45) is -1.07. The lowest BCUT2D eigenvalue weighted by atomic mass is 10.1. The lowest BCUT2D eigenvalue weighted by molar-refractivity contribution is 0.149. The topological polar surface area (TPSA) is 55.1 Å². The summed E-state index contributed by atoms with van der Waals surface area (Å²) in [5.74, 6) is -0.833. The molecule has 1 unspecified atom stereocenters. The molecule has 0 spiro atoms. The van der Waals surface area contributed by atoms with Crippen LogP contribution in [0.4, 0.5) is 8.78 Å². The molecule has 6 heteroatoms. The van der Waals surface area contributed by atoms with Crippen LogP contribution in [0.3, 0.4) is 0 Å². The quantitative estimate of drug-likeness (QED) is 0.801. The van der Waals surface area contributed by atoms with Gasteiger partial charge in [0.15, 0.2) is 0 Å². The predicted octanol–water partition coefficient (Wildman–Crippen LogP) is 2.92. The van der Waals surface area contributed by atoms with Gasteiger partial charge in [-0.15, -0.1) is 0 Å². The van der Waals surface area contributed by atoms with E-state index in [-0.39, 0.29) is 12.4 Å². The molecule has 1 heterocycles. The molecule has 0 saturated heterocycles. The lowest BCUT2D eigenvalue weighted by Crippen LogP contribution is -2.25. The highest BCUT2D eigenvalue weighted by Gasteiger charge is 2.12. The summed E-state index contributed by atoms with van der Waals surface area (Å²) in [6.45, 7) is -0.114. The Morgan fingerprint density at radius 2 is 1.75 bits per heavy atom. The number of aromatic nitrogens is 2. The summed E-state index contributed by atoms with van der Waals surface area (Å²) in [6, 6.07) is 14.1. The molecule has 0 aliphatic heterocycles. The Balaban J connectivity index is 1.89. The molecule has 0 aliphatic rings. The Morgan fingerprint density at radius 3 is 2.46 bits per heavy atom. The Labute approximate surface area is 136 Å². The first-order valence-corrected chi connectivity index (χ1v) is 7.30. The van der Waals surface area contributed by atoms with Crippen molar-refractivity contribution in [3.05, 3.63) is 88.2 Å². The molecule has 1 N–H and O–H groups in total. The van der Waals surface area contributed by atoms with Crippen LogP contribution in [0.2, 0.25) is 0 Å². The van der Waals surface area contributed by atoms with Gasteiger partial charge in [0.25, 0.3) is 5.56 Å². The van der Waals surface area contributed by atoms with Crippen LogP contribution < -0.4 is 5.56 Å². The number of benzene rings is 2. The Hall–Kier alpha value is -2.86. The monoisotopic (exact) mass is 328 g/mol. The van der Waals surface area contributed by atoms with Crippen molar-refractivity contribution in [1.29, 1.82) is 0 Å². The van der Waals surface area contributed by atoms with Crippen LogP contribution in [0, 0.1) is 11.6 Å². The zero-order valence-corrected chi connectivity index (χ0v) is 12.6.